The molecule has 0 fully saturated rings. The van der Waals surface area contributed by atoms with Crippen molar-refractivity contribution in [3.8, 4) is 0 Å². The molecule has 2 heterocycles. The van der Waals surface area contributed by atoms with Crippen LogP contribution in [0.2, 0.25) is 0 Å². The van der Waals surface area contributed by atoms with E-state index in [0.29, 0.717) is 18.5 Å². The van der Waals surface area contributed by atoms with Gasteiger partial charge < -0.3 is 4.90 Å². The van der Waals surface area contributed by atoms with Crippen molar-refractivity contribution >= 4 is 37.5 Å². The van der Waals surface area contributed by atoms with Gasteiger partial charge >= 0.3 is 5.69 Å². The predicted molar refractivity (Wildman–Crippen MR) is 91.9 cm³/mol. The van der Waals surface area contributed by atoms with E-state index in [1.54, 1.807) is 11.0 Å². The van der Waals surface area contributed by atoms with E-state index in [4.69, 9.17) is 0 Å². The second-order valence-corrected chi connectivity index (χ2v) is 8.94. The van der Waals surface area contributed by atoms with Crippen LogP contribution in [0.5, 0.6) is 0 Å². The summed E-state index contributed by atoms with van der Waals surface area (Å²) in [6, 6.07) is 5.65. The summed E-state index contributed by atoms with van der Waals surface area (Å²) in [6.45, 7) is 0.719. The Morgan fingerprint density at radius 1 is 1.12 bits per heavy atom. The van der Waals surface area contributed by atoms with Gasteiger partial charge in [-0.1, -0.05) is 17.4 Å². The minimum Gasteiger partial charge on any atom is -0.353 e. The number of benzene rings is 1. The molecule has 0 aliphatic carbocycles. The van der Waals surface area contributed by atoms with Gasteiger partial charge in [-0.25, -0.2) is 8.42 Å². The molecule has 0 unspecified atom stereocenters. The molecule has 132 valence electrons. The predicted octanol–water partition coefficient (Wildman–Crippen LogP) is 2.53. The number of hydrogen-bond acceptors (Lipinski definition) is 8. The third-order valence-electron chi connectivity index (χ3n) is 3.93. The van der Waals surface area contributed by atoms with Crippen LogP contribution in [0.25, 0.3) is 0 Å². The van der Waals surface area contributed by atoms with Gasteiger partial charge in [0.25, 0.3) is 5.69 Å². The molecule has 0 amide bonds. The molecule has 1 aromatic heterocycles. The van der Waals surface area contributed by atoms with Crippen LogP contribution in [0, 0.1) is 20.2 Å². The van der Waals surface area contributed by atoms with Crippen LogP contribution in [-0.4, -0.2) is 31.1 Å². The first-order valence-corrected chi connectivity index (χ1v) is 9.87. The lowest BCUT2D eigenvalue weighted by Crippen LogP contribution is -2.30. The maximum Gasteiger partial charge on any atom is 0.305 e. The maximum atomic E-state index is 11.7. The highest BCUT2D eigenvalue weighted by Crippen LogP contribution is 2.41. The molecule has 0 spiro atoms. The van der Waals surface area contributed by atoms with E-state index in [9.17, 15) is 28.6 Å². The second kappa shape index (κ2) is 6.08. The Labute approximate surface area is 146 Å². The zero-order valence-electron chi connectivity index (χ0n) is 13.0. The Morgan fingerprint density at radius 3 is 2.44 bits per heavy atom. The summed E-state index contributed by atoms with van der Waals surface area (Å²) in [6.07, 6.45) is 1.57. The van der Waals surface area contributed by atoms with Gasteiger partial charge in [0.05, 0.1) is 9.85 Å². The minimum absolute atomic E-state index is 0.0434. The standard InChI is InChI=1S/C14H13N3O6S2/c1-25(22,23)13-7-12(17(20)21)14(24-13)15-5-4-9-2-3-11(16(18)19)6-10(9)8-15/h2-3,6-7H,4-5,8H2,1H3. The van der Waals surface area contributed by atoms with Crippen molar-refractivity contribution in [2.75, 3.05) is 17.7 Å². The number of anilines is 1. The Hall–Kier alpha value is -2.53. The molecule has 1 aliphatic rings. The molecule has 11 heteroatoms. The monoisotopic (exact) mass is 383 g/mol. The second-order valence-electron chi connectivity index (χ2n) is 5.67. The van der Waals surface area contributed by atoms with Crippen molar-refractivity contribution in [1.82, 2.24) is 0 Å². The fourth-order valence-corrected chi connectivity index (χ4v) is 4.77. The van der Waals surface area contributed by atoms with Crippen molar-refractivity contribution in [1.29, 1.82) is 0 Å². The Balaban J connectivity index is 2.01. The lowest BCUT2D eigenvalue weighted by molar-refractivity contribution is -0.384. The van der Waals surface area contributed by atoms with Gasteiger partial charge in [0.15, 0.2) is 14.8 Å². The highest BCUT2D eigenvalue weighted by Gasteiger charge is 2.29. The number of non-ortho nitro benzene ring substituents is 1. The summed E-state index contributed by atoms with van der Waals surface area (Å²) in [4.78, 5) is 22.8. The molecule has 0 atom stereocenters. The van der Waals surface area contributed by atoms with E-state index in [0.717, 1.165) is 29.2 Å². The third-order valence-corrected chi connectivity index (χ3v) is 6.92. The van der Waals surface area contributed by atoms with Crippen molar-refractivity contribution in [3.05, 3.63) is 55.6 Å². The smallest absolute Gasteiger partial charge is 0.305 e. The number of nitrogens with zero attached hydrogens (tertiary/aromatic N) is 3. The van der Waals surface area contributed by atoms with Crippen LogP contribution >= 0.6 is 11.3 Å². The number of nitro groups is 2. The lowest BCUT2D eigenvalue weighted by atomic mass is 9.99. The summed E-state index contributed by atoms with van der Waals surface area (Å²) in [7, 11) is -3.56. The first-order valence-electron chi connectivity index (χ1n) is 7.16. The molecule has 25 heavy (non-hydrogen) atoms. The molecule has 0 N–H and O–H groups in total. The van der Waals surface area contributed by atoms with Crippen LogP contribution < -0.4 is 4.90 Å². The van der Waals surface area contributed by atoms with E-state index >= 15 is 0 Å². The Bertz CT molecular complexity index is 982. The van der Waals surface area contributed by atoms with E-state index < -0.39 is 19.7 Å². The maximum absolute atomic E-state index is 11.7. The summed E-state index contributed by atoms with van der Waals surface area (Å²) >= 11 is 0.849. The zero-order chi connectivity index (χ0) is 18.4. The van der Waals surface area contributed by atoms with Crippen molar-refractivity contribution in [2.24, 2.45) is 0 Å². The molecular formula is C14H13N3O6S2. The normalized spacial score (nSPS) is 14.2. The molecule has 9 nitrogen and oxygen atoms in total. The molecule has 3 rings (SSSR count). The minimum atomic E-state index is -3.56. The number of rotatable bonds is 4. The quantitative estimate of drug-likeness (QED) is 0.587. The number of hydrogen-bond donors (Lipinski definition) is 0. The summed E-state index contributed by atoms with van der Waals surface area (Å²) < 4.78 is 23.4. The van der Waals surface area contributed by atoms with Crippen molar-refractivity contribution in [2.45, 2.75) is 17.2 Å². The lowest BCUT2D eigenvalue weighted by Gasteiger charge is -2.28. The Kier molecular flexibility index (Phi) is 4.21. The number of nitro benzene ring substituents is 1. The molecule has 1 aliphatic heterocycles. The van der Waals surface area contributed by atoms with E-state index in [-0.39, 0.29) is 27.1 Å². The van der Waals surface area contributed by atoms with Crippen LogP contribution in [0.1, 0.15) is 11.1 Å². The van der Waals surface area contributed by atoms with Gasteiger partial charge in [-0.15, -0.1) is 0 Å². The SMILES string of the molecule is CS(=O)(=O)c1cc([N+](=O)[O-])c(N2CCc3ccc([N+](=O)[O-])cc3C2)s1. The van der Waals surface area contributed by atoms with Gasteiger partial charge in [0.1, 0.15) is 4.21 Å². The fraction of sp³-hybridized carbons (Fsp3) is 0.286. The summed E-state index contributed by atoms with van der Waals surface area (Å²) in [5.74, 6) is 0. The largest absolute Gasteiger partial charge is 0.353 e. The summed E-state index contributed by atoms with van der Waals surface area (Å²) in [5.41, 5.74) is 1.35. The molecule has 0 saturated carbocycles. The highest BCUT2D eigenvalue weighted by atomic mass is 32.2. The van der Waals surface area contributed by atoms with Crippen LogP contribution in [0.15, 0.2) is 28.5 Å². The molecule has 0 saturated heterocycles. The summed E-state index contributed by atoms with van der Waals surface area (Å²) in [5, 5.41) is 22.5. The first kappa shape index (κ1) is 17.3. The fourth-order valence-electron chi connectivity index (χ4n) is 2.72. The third kappa shape index (κ3) is 3.33. The topological polar surface area (TPSA) is 124 Å². The number of fused-ring (bicyclic) bond motifs is 1. The van der Waals surface area contributed by atoms with Gasteiger partial charge in [-0.3, -0.25) is 20.2 Å². The van der Waals surface area contributed by atoms with Crippen molar-refractivity contribution < 1.29 is 18.3 Å². The molecule has 1 aromatic carbocycles. The van der Waals surface area contributed by atoms with Crippen molar-refractivity contribution in [3.63, 3.8) is 0 Å². The van der Waals surface area contributed by atoms with Crippen LogP contribution in [0.4, 0.5) is 16.4 Å². The van der Waals surface area contributed by atoms with Gasteiger partial charge in [-0.2, -0.15) is 0 Å². The zero-order valence-corrected chi connectivity index (χ0v) is 14.7. The Morgan fingerprint density at radius 2 is 1.84 bits per heavy atom. The van der Waals surface area contributed by atoms with Gasteiger partial charge in [0, 0.05) is 37.5 Å². The van der Waals surface area contributed by atoms with E-state index in [1.165, 1.54) is 12.1 Å². The van der Waals surface area contributed by atoms with E-state index in [1.807, 2.05) is 0 Å². The average Bonchev–Trinajstić information content (AvgIpc) is 2.99. The molecule has 2 aromatic rings. The molecule has 0 bridgehead atoms. The van der Waals surface area contributed by atoms with Gasteiger partial charge in [-0.05, 0) is 17.5 Å². The number of sulfone groups is 1. The highest BCUT2D eigenvalue weighted by molar-refractivity contribution is 7.92. The molecule has 0 radical (unpaired) electrons. The van der Waals surface area contributed by atoms with E-state index in [2.05, 4.69) is 0 Å². The average molecular weight is 383 g/mol. The first-order chi connectivity index (χ1) is 11.7. The van der Waals surface area contributed by atoms with Crippen LogP contribution in [-0.2, 0) is 22.8 Å². The van der Waals surface area contributed by atoms with Gasteiger partial charge in [0.2, 0.25) is 0 Å². The van der Waals surface area contributed by atoms with Crippen LogP contribution in [0.3, 0.4) is 0 Å². The molecular weight excluding hydrogens is 370 g/mol. The number of thiophene rings is 1.